The molecule has 3 aromatic rings. The van der Waals surface area contributed by atoms with Gasteiger partial charge in [0.15, 0.2) is 0 Å². The van der Waals surface area contributed by atoms with E-state index >= 15 is 0 Å². The second-order valence-corrected chi connectivity index (χ2v) is 10.4. The first-order chi connectivity index (χ1) is 17.4. The van der Waals surface area contributed by atoms with E-state index in [9.17, 15) is 19.7 Å². The lowest BCUT2D eigenvalue weighted by atomic mass is 9.93. The summed E-state index contributed by atoms with van der Waals surface area (Å²) in [6, 6.07) is 15.5. The molecule has 0 bridgehead atoms. The molecule has 1 aromatic heterocycles. The van der Waals surface area contributed by atoms with E-state index in [2.05, 4.69) is 11.4 Å². The quantitative estimate of drug-likeness (QED) is 0.234. The van der Waals surface area contributed by atoms with Gasteiger partial charge in [-0.2, -0.15) is 0 Å². The van der Waals surface area contributed by atoms with E-state index in [4.69, 9.17) is 11.6 Å². The minimum absolute atomic E-state index is 0.00534. The lowest BCUT2D eigenvalue weighted by Crippen LogP contribution is -2.47. The summed E-state index contributed by atoms with van der Waals surface area (Å²) in [6.07, 6.45) is 5.61. The summed E-state index contributed by atoms with van der Waals surface area (Å²) >= 11 is 7.82. The smallest absolute Gasteiger partial charge is 0.269 e. The molecule has 1 fully saturated rings. The maximum absolute atomic E-state index is 13.6. The molecule has 1 aliphatic carbocycles. The van der Waals surface area contributed by atoms with Gasteiger partial charge >= 0.3 is 0 Å². The van der Waals surface area contributed by atoms with Crippen LogP contribution in [-0.4, -0.2) is 45.7 Å². The van der Waals surface area contributed by atoms with E-state index in [1.165, 1.54) is 23.1 Å². The van der Waals surface area contributed by atoms with E-state index in [0.29, 0.717) is 17.1 Å². The Hall–Kier alpha value is -3.49. The van der Waals surface area contributed by atoms with Crippen molar-refractivity contribution >= 4 is 46.5 Å². The zero-order chi connectivity index (χ0) is 25.2. The van der Waals surface area contributed by atoms with Crippen molar-refractivity contribution in [3.8, 4) is 0 Å². The Morgan fingerprint density at radius 3 is 2.50 bits per heavy atom. The first-order valence-electron chi connectivity index (χ1n) is 11.7. The van der Waals surface area contributed by atoms with E-state index in [1.807, 2.05) is 29.2 Å². The molecular formula is C27H24ClN3O4S. The van der Waals surface area contributed by atoms with Gasteiger partial charge in [0.05, 0.1) is 11.0 Å². The fraction of sp³-hybridized carbons (Fsp3) is 0.259. The minimum Gasteiger partial charge on any atom is -0.330 e. The largest absolute Gasteiger partial charge is 0.330 e. The van der Waals surface area contributed by atoms with Gasteiger partial charge in [0.1, 0.15) is 6.54 Å². The van der Waals surface area contributed by atoms with Crippen molar-refractivity contribution in [1.29, 1.82) is 0 Å². The van der Waals surface area contributed by atoms with Crippen LogP contribution in [-0.2, 0) is 16.0 Å². The number of non-ortho nitro benzene ring substituents is 1. The van der Waals surface area contributed by atoms with Gasteiger partial charge in [-0.05, 0) is 77.7 Å². The highest BCUT2D eigenvalue weighted by molar-refractivity contribution is 7.10. The van der Waals surface area contributed by atoms with Crippen LogP contribution in [0.5, 0.6) is 0 Å². The second kappa shape index (κ2) is 10.2. The Morgan fingerprint density at radius 1 is 1.11 bits per heavy atom. The Kier molecular flexibility index (Phi) is 6.89. The standard InChI is InChI=1S/C27H24ClN3O4S/c28-20-6-4-19(5-7-20)27-23-14-16-36-24(23)13-15-29(27)26(33)17-30(21-10-11-21)25(32)12-3-18-1-8-22(9-2-18)31(34)35/h1-9,12,14,16,21,27H,10-11,13,15,17H2. The molecule has 0 N–H and O–H groups in total. The molecule has 184 valence electrons. The summed E-state index contributed by atoms with van der Waals surface area (Å²) < 4.78 is 0. The summed E-state index contributed by atoms with van der Waals surface area (Å²) in [5.41, 5.74) is 2.80. The molecule has 2 aliphatic rings. The molecule has 2 heterocycles. The van der Waals surface area contributed by atoms with E-state index in [0.717, 1.165) is 30.4 Å². The van der Waals surface area contributed by atoms with Crippen LogP contribution in [0.2, 0.25) is 5.02 Å². The van der Waals surface area contributed by atoms with Crippen LogP contribution >= 0.6 is 22.9 Å². The summed E-state index contributed by atoms with van der Waals surface area (Å²) in [4.78, 5) is 41.9. The lowest BCUT2D eigenvalue weighted by molar-refractivity contribution is -0.384. The van der Waals surface area contributed by atoms with Gasteiger partial charge in [-0.25, -0.2) is 0 Å². The van der Waals surface area contributed by atoms with Crippen molar-refractivity contribution in [3.63, 3.8) is 0 Å². The van der Waals surface area contributed by atoms with Crippen molar-refractivity contribution in [2.75, 3.05) is 13.1 Å². The Morgan fingerprint density at radius 2 is 1.83 bits per heavy atom. The molecule has 1 atom stereocenters. The molecule has 2 amide bonds. The second-order valence-electron chi connectivity index (χ2n) is 8.97. The van der Waals surface area contributed by atoms with Crippen molar-refractivity contribution in [2.24, 2.45) is 0 Å². The van der Waals surface area contributed by atoms with E-state index in [1.54, 1.807) is 34.4 Å². The molecular weight excluding hydrogens is 498 g/mol. The molecule has 7 nitrogen and oxygen atoms in total. The molecule has 5 rings (SSSR count). The first kappa shape index (κ1) is 24.2. The number of rotatable bonds is 7. The summed E-state index contributed by atoms with van der Waals surface area (Å²) in [6.45, 7) is 0.600. The Labute approximate surface area is 217 Å². The number of nitro benzene ring substituents is 1. The number of amides is 2. The van der Waals surface area contributed by atoms with Crippen LogP contribution in [0.15, 0.2) is 66.1 Å². The zero-order valence-corrected chi connectivity index (χ0v) is 21.0. The van der Waals surface area contributed by atoms with Crippen LogP contribution in [0.3, 0.4) is 0 Å². The molecule has 0 saturated heterocycles. The molecule has 0 spiro atoms. The highest BCUT2D eigenvalue weighted by atomic mass is 35.5. The number of hydrogen-bond donors (Lipinski definition) is 0. The molecule has 2 aromatic carbocycles. The minimum atomic E-state index is -0.462. The van der Waals surface area contributed by atoms with Crippen molar-refractivity contribution in [1.82, 2.24) is 9.80 Å². The third-order valence-electron chi connectivity index (χ3n) is 6.57. The SMILES string of the molecule is O=C(C=Cc1ccc([N+](=O)[O-])cc1)N(CC(=O)N1CCc2sccc2C1c1ccc(Cl)cc1)C1CC1. The summed E-state index contributed by atoms with van der Waals surface area (Å²) in [7, 11) is 0. The van der Waals surface area contributed by atoms with Gasteiger partial charge in [-0.15, -0.1) is 11.3 Å². The van der Waals surface area contributed by atoms with Gasteiger partial charge in [0, 0.05) is 40.7 Å². The number of benzene rings is 2. The number of fused-ring (bicyclic) bond motifs is 1. The maximum atomic E-state index is 13.6. The monoisotopic (exact) mass is 521 g/mol. The predicted molar refractivity (Wildman–Crippen MR) is 140 cm³/mol. The fourth-order valence-corrected chi connectivity index (χ4v) is 5.60. The van der Waals surface area contributed by atoms with Crippen LogP contribution in [0.1, 0.15) is 40.5 Å². The normalized spacial score (nSPS) is 17.1. The average molecular weight is 522 g/mol. The van der Waals surface area contributed by atoms with Crippen molar-refractivity contribution in [3.05, 3.63) is 103 Å². The summed E-state index contributed by atoms with van der Waals surface area (Å²) in [5, 5.41) is 13.6. The number of nitrogens with zero attached hydrogens (tertiary/aromatic N) is 3. The van der Waals surface area contributed by atoms with Gasteiger partial charge in [0.25, 0.3) is 5.69 Å². The fourth-order valence-electron chi connectivity index (χ4n) is 4.57. The van der Waals surface area contributed by atoms with Crippen LogP contribution < -0.4 is 0 Å². The summed E-state index contributed by atoms with van der Waals surface area (Å²) in [5.74, 6) is -0.323. The number of carbonyl (C=O) groups is 2. The van der Waals surface area contributed by atoms with Gasteiger partial charge < -0.3 is 9.80 Å². The molecule has 1 unspecified atom stereocenters. The average Bonchev–Trinajstić information content (AvgIpc) is 3.61. The number of hydrogen-bond acceptors (Lipinski definition) is 5. The molecule has 9 heteroatoms. The van der Waals surface area contributed by atoms with Crippen molar-refractivity contribution in [2.45, 2.75) is 31.3 Å². The van der Waals surface area contributed by atoms with Gasteiger partial charge in [0.2, 0.25) is 11.8 Å². The maximum Gasteiger partial charge on any atom is 0.269 e. The van der Waals surface area contributed by atoms with E-state index < -0.39 is 4.92 Å². The van der Waals surface area contributed by atoms with Crippen LogP contribution in [0, 0.1) is 10.1 Å². The number of thiophene rings is 1. The van der Waals surface area contributed by atoms with E-state index in [-0.39, 0.29) is 36.1 Å². The van der Waals surface area contributed by atoms with Crippen LogP contribution in [0.25, 0.3) is 6.08 Å². The number of halogens is 1. The zero-order valence-electron chi connectivity index (χ0n) is 19.4. The highest BCUT2D eigenvalue weighted by Crippen LogP contribution is 2.38. The van der Waals surface area contributed by atoms with Gasteiger partial charge in [-0.3, -0.25) is 19.7 Å². The Bertz CT molecular complexity index is 1320. The predicted octanol–water partition coefficient (Wildman–Crippen LogP) is 5.49. The topological polar surface area (TPSA) is 83.8 Å². The molecule has 1 saturated carbocycles. The lowest BCUT2D eigenvalue weighted by Gasteiger charge is -2.37. The Balaban J connectivity index is 1.34. The third-order valence-corrected chi connectivity index (χ3v) is 7.82. The molecule has 36 heavy (non-hydrogen) atoms. The molecule has 0 radical (unpaired) electrons. The first-order valence-corrected chi connectivity index (χ1v) is 13.0. The van der Waals surface area contributed by atoms with Crippen LogP contribution in [0.4, 0.5) is 5.69 Å². The van der Waals surface area contributed by atoms with Crippen molar-refractivity contribution < 1.29 is 14.5 Å². The highest BCUT2D eigenvalue weighted by Gasteiger charge is 2.37. The van der Waals surface area contributed by atoms with Gasteiger partial charge in [-0.1, -0.05) is 23.7 Å². The number of carbonyl (C=O) groups excluding carboxylic acids is 2. The number of nitro groups is 1. The molecule has 1 aliphatic heterocycles. The third kappa shape index (κ3) is 5.20.